The molecule has 0 aliphatic carbocycles. The molecule has 130 valence electrons. The smallest absolute Gasteiger partial charge is 0.254 e. The van der Waals surface area contributed by atoms with Crippen LogP contribution in [-0.2, 0) is 4.79 Å². The van der Waals surface area contributed by atoms with E-state index in [0.717, 1.165) is 11.3 Å². The number of hydrogen-bond donors (Lipinski definition) is 0. The lowest BCUT2D eigenvalue weighted by molar-refractivity contribution is -0.124. The van der Waals surface area contributed by atoms with Crippen molar-refractivity contribution in [1.82, 2.24) is 4.90 Å². The van der Waals surface area contributed by atoms with Gasteiger partial charge in [0.15, 0.2) is 0 Å². The van der Waals surface area contributed by atoms with E-state index in [1.165, 1.54) is 0 Å². The van der Waals surface area contributed by atoms with Gasteiger partial charge in [-0.1, -0.05) is 12.1 Å². The van der Waals surface area contributed by atoms with E-state index in [2.05, 4.69) is 0 Å². The average Bonchev–Trinajstić information content (AvgIpc) is 2.63. The summed E-state index contributed by atoms with van der Waals surface area (Å²) in [5, 5.41) is 0. The molecule has 0 aromatic heterocycles. The molecule has 5 nitrogen and oxygen atoms in total. The van der Waals surface area contributed by atoms with Gasteiger partial charge in [-0.3, -0.25) is 9.59 Å². The number of anilines is 1. The molecule has 1 aliphatic heterocycles. The van der Waals surface area contributed by atoms with Crippen molar-refractivity contribution < 1.29 is 14.3 Å². The van der Waals surface area contributed by atoms with Gasteiger partial charge < -0.3 is 14.5 Å². The molecule has 2 aromatic carbocycles. The highest BCUT2D eigenvalue weighted by molar-refractivity contribution is 6.03. The molecule has 1 aliphatic rings. The molecule has 25 heavy (non-hydrogen) atoms. The van der Waals surface area contributed by atoms with Gasteiger partial charge in [-0.25, -0.2) is 0 Å². The highest BCUT2D eigenvalue weighted by Gasteiger charge is 2.35. The summed E-state index contributed by atoms with van der Waals surface area (Å²) in [6, 6.07) is 14.3. The third-order valence-electron chi connectivity index (χ3n) is 4.57. The fourth-order valence-electron chi connectivity index (χ4n) is 3.10. The molecule has 0 bridgehead atoms. The molecule has 0 N–H and O–H groups in total. The van der Waals surface area contributed by atoms with E-state index in [4.69, 9.17) is 4.74 Å². The minimum absolute atomic E-state index is 0.0567. The molecule has 1 fully saturated rings. The van der Waals surface area contributed by atoms with E-state index in [-0.39, 0.29) is 11.8 Å². The first-order chi connectivity index (χ1) is 12.0. The third kappa shape index (κ3) is 3.36. The Morgan fingerprint density at radius 3 is 2.48 bits per heavy atom. The molecule has 1 atom stereocenters. The molecule has 1 heterocycles. The van der Waals surface area contributed by atoms with Crippen molar-refractivity contribution in [3.63, 3.8) is 0 Å². The molecular formula is C20H22N2O3. The minimum atomic E-state index is -0.496. The van der Waals surface area contributed by atoms with Crippen molar-refractivity contribution in [2.75, 3.05) is 25.1 Å². The number of ether oxygens (including phenoxy) is 1. The van der Waals surface area contributed by atoms with Crippen LogP contribution in [0, 0.1) is 6.92 Å². The first-order valence-corrected chi connectivity index (χ1v) is 8.34. The fourth-order valence-corrected chi connectivity index (χ4v) is 3.10. The fraction of sp³-hybridized carbons (Fsp3) is 0.300. The Morgan fingerprint density at radius 1 is 1.12 bits per heavy atom. The lowest BCUT2D eigenvalue weighted by atomic mass is 10.1. The van der Waals surface area contributed by atoms with Crippen LogP contribution in [-0.4, -0.2) is 43.0 Å². The van der Waals surface area contributed by atoms with Gasteiger partial charge >= 0.3 is 0 Å². The molecule has 1 unspecified atom stereocenters. The summed E-state index contributed by atoms with van der Waals surface area (Å²) >= 11 is 0. The average molecular weight is 338 g/mol. The normalized spacial score (nSPS) is 17.6. The van der Waals surface area contributed by atoms with Gasteiger partial charge in [-0.2, -0.15) is 0 Å². The van der Waals surface area contributed by atoms with Crippen molar-refractivity contribution in [2.45, 2.75) is 19.9 Å². The number of carbonyl (C=O) groups is 2. The van der Waals surface area contributed by atoms with Crippen LogP contribution in [0.4, 0.5) is 5.69 Å². The maximum Gasteiger partial charge on any atom is 0.254 e. The molecule has 5 heteroatoms. The summed E-state index contributed by atoms with van der Waals surface area (Å²) in [4.78, 5) is 29.0. The van der Waals surface area contributed by atoms with Crippen LogP contribution in [0.2, 0.25) is 0 Å². The van der Waals surface area contributed by atoms with Crippen LogP contribution in [0.5, 0.6) is 5.75 Å². The number of hydrogen-bond acceptors (Lipinski definition) is 3. The highest BCUT2D eigenvalue weighted by Crippen LogP contribution is 2.23. The second kappa shape index (κ2) is 6.97. The Morgan fingerprint density at radius 2 is 1.84 bits per heavy atom. The predicted molar refractivity (Wildman–Crippen MR) is 97.0 cm³/mol. The first kappa shape index (κ1) is 17.0. The van der Waals surface area contributed by atoms with Gasteiger partial charge in [0, 0.05) is 24.3 Å². The molecule has 0 radical (unpaired) electrons. The Hall–Kier alpha value is -2.82. The number of nitrogens with zero attached hydrogens (tertiary/aromatic N) is 2. The monoisotopic (exact) mass is 338 g/mol. The summed E-state index contributed by atoms with van der Waals surface area (Å²) < 4.78 is 5.12. The zero-order chi connectivity index (χ0) is 18.0. The van der Waals surface area contributed by atoms with Gasteiger partial charge in [-0.05, 0) is 55.8 Å². The van der Waals surface area contributed by atoms with Crippen molar-refractivity contribution in [3.05, 3.63) is 59.7 Å². The highest BCUT2D eigenvalue weighted by atomic mass is 16.5. The summed E-state index contributed by atoms with van der Waals surface area (Å²) in [5.41, 5.74) is 2.55. The Balaban J connectivity index is 1.77. The maximum absolute atomic E-state index is 12.8. The molecule has 2 aromatic rings. The second-order valence-corrected chi connectivity index (χ2v) is 6.23. The molecule has 3 rings (SSSR count). The van der Waals surface area contributed by atoms with Crippen LogP contribution in [0.15, 0.2) is 48.5 Å². The van der Waals surface area contributed by atoms with Crippen molar-refractivity contribution >= 4 is 17.5 Å². The van der Waals surface area contributed by atoms with Gasteiger partial charge in [0.05, 0.1) is 7.11 Å². The molecular weight excluding hydrogens is 316 g/mol. The molecule has 1 saturated heterocycles. The summed E-state index contributed by atoms with van der Waals surface area (Å²) in [6.07, 6.45) is 0. The zero-order valence-electron chi connectivity index (χ0n) is 14.7. The van der Waals surface area contributed by atoms with Crippen molar-refractivity contribution in [2.24, 2.45) is 0 Å². The molecule has 2 amide bonds. The van der Waals surface area contributed by atoms with E-state index in [0.29, 0.717) is 24.4 Å². The third-order valence-corrected chi connectivity index (χ3v) is 4.57. The van der Waals surface area contributed by atoms with E-state index in [1.54, 1.807) is 48.1 Å². The quantitative estimate of drug-likeness (QED) is 0.865. The largest absolute Gasteiger partial charge is 0.497 e. The van der Waals surface area contributed by atoms with E-state index in [1.807, 2.05) is 31.2 Å². The van der Waals surface area contributed by atoms with Crippen LogP contribution in [0.1, 0.15) is 22.8 Å². The van der Waals surface area contributed by atoms with Gasteiger partial charge in [-0.15, -0.1) is 0 Å². The van der Waals surface area contributed by atoms with E-state index < -0.39 is 6.04 Å². The summed E-state index contributed by atoms with van der Waals surface area (Å²) in [7, 11) is 1.59. The number of methoxy groups -OCH3 is 1. The number of piperazine rings is 1. The molecule has 0 saturated carbocycles. The first-order valence-electron chi connectivity index (χ1n) is 8.34. The van der Waals surface area contributed by atoms with E-state index in [9.17, 15) is 9.59 Å². The molecule has 0 spiro atoms. The van der Waals surface area contributed by atoms with Crippen molar-refractivity contribution in [3.8, 4) is 5.75 Å². The van der Waals surface area contributed by atoms with E-state index >= 15 is 0 Å². The number of rotatable bonds is 3. The standard InChI is InChI=1S/C20H22N2O3/c1-14-5-4-6-17(13-14)22-12-11-21(15(2)19(22)23)20(24)16-7-9-18(25-3)10-8-16/h4-10,13,15H,11-12H2,1-3H3. The zero-order valence-corrected chi connectivity index (χ0v) is 14.7. The Bertz CT molecular complexity index is 786. The topological polar surface area (TPSA) is 49.9 Å². The van der Waals surface area contributed by atoms with Crippen LogP contribution >= 0.6 is 0 Å². The Labute approximate surface area is 147 Å². The van der Waals surface area contributed by atoms with Gasteiger partial charge in [0.25, 0.3) is 5.91 Å². The van der Waals surface area contributed by atoms with Crippen LogP contribution in [0.3, 0.4) is 0 Å². The summed E-state index contributed by atoms with van der Waals surface area (Å²) in [6.45, 7) is 4.78. The van der Waals surface area contributed by atoms with Crippen molar-refractivity contribution in [1.29, 1.82) is 0 Å². The Kier molecular flexibility index (Phi) is 4.74. The minimum Gasteiger partial charge on any atom is -0.497 e. The number of aryl methyl sites for hydroxylation is 1. The maximum atomic E-state index is 12.8. The predicted octanol–water partition coefficient (Wildman–Crippen LogP) is 2.88. The van der Waals surface area contributed by atoms with Gasteiger partial charge in [0.2, 0.25) is 5.91 Å². The van der Waals surface area contributed by atoms with Gasteiger partial charge in [0.1, 0.15) is 11.8 Å². The van der Waals surface area contributed by atoms with Crippen LogP contribution in [0.25, 0.3) is 0 Å². The number of amides is 2. The van der Waals surface area contributed by atoms with Crippen LogP contribution < -0.4 is 9.64 Å². The lowest BCUT2D eigenvalue weighted by Gasteiger charge is -2.39. The second-order valence-electron chi connectivity index (χ2n) is 6.23. The summed E-state index contributed by atoms with van der Waals surface area (Å²) in [5.74, 6) is 0.510. The number of carbonyl (C=O) groups excluding carboxylic acids is 2. The SMILES string of the molecule is COc1ccc(C(=O)N2CCN(c3cccc(C)c3)C(=O)C2C)cc1. The number of benzene rings is 2. The lowest BCUT2D eigenvalue weighted by Crippen LogP contribution is -2.57.